The van der Waals surface area contributed by atoms with Crippen LogP contribution in [0.25, 0.3) is 0 Å². The van der Waals surface area contributed by atoms with Crippen molar-refractivity contribution in [2.24, 2.45) is 5.92 Å². The van der Waals surface area contributed by atoms with Crippen LogP contribution >= 0.6 is 0 Å². The van der Waals surface area contributed by atoms with E-state index in [-0.39, 0.29) is 0 Å². The summed E-state index contributed by atoms with van der Waals surface area (Å²) < 4.78 is 0. The molecule has 3 rings (SSSR count). The van der Waals surface area contributed by atoms with Crippen molar-refractivity contribution < 1.29 is 0 Å². The number of hydrogen-bond acceptors (Lipinski definition) is 2. The molecule has 3 saturated heterocycles. The van der Waals surface area contributed by atoms with Crippen LogP contribution in [-0.2, 0) is 0 Å². The average Bonchev–Trinajstić information content (AvgIpc) is 2.16. The van der Waals surface area contributed by atoms with Gasteiger partial charge in [-0.3, -0.25) is 7.05 Å². The summed E-state index contributed by atoms with van der Waals surface area (Å²) in [6, 6.07) is 0.784. The molecule has 2 heteroatoms. The van der Waals surface area contributed by atoms with Gasteiger partial charge >= 0.3 is 0 Å². The Labute approximate surface area is 69.2 Å². The Morgan fingerprint density at radius 3 is 2.73 bits per heavy atom. The van der Waals surface area contributed by atoms with Crippen molar-refractivity contribution in [3.8, 4) is 0 Å². The van der Waals surface area contributed by atoms with E-state index < -0.39 is 0 Å². The Morgan fingerprint density at radius 2 is 2.00 bits per heavy atom. The van der Waals surface area contributed by atoms with E-state index in [1.807, 2.05) is 0 Å². The van der Waals surface area contributed by atoms with Gasteiger partial charge < -0.3 is 9.80 Å². The molecule has 2 nitrogen and oxygen atoms in total. The zero-order valence-corrected chi connectivity index (χ0v) is 7.29. The molecule has 0 aromatic carbocycles. The molecule has 3 heterocycles. The number of fused-ring (bicyclic) bond motifs is 4. The molecule has 0 amide bonds. The second-order valence-corrected chi connectivity index (χ2v) is 4.07. The van der Waals surface area contributed by atoms with Crippen molar-refractivity contribution in [1.82, 2.24) is 9.80 Å². The third-order valence-electron chi connectivity index (χ3n) is 3.06. The van der Waals surface area contributed by atoms with Gasteiger partial charge in [-0.1, -0.05) is 0 Å². The minimum Gasteiger partial charge on any atom is -0.458 e. The summed E-state index contributed by atoms with van der Waals surface area (Å²) >= 11 is 0. The molecule has 0 N–H and O–H groups in total. The first-order valence-electron chi connectivity index (χ1n) is 4.51. The number of likely N-dealkylation sites (N-methyl/N-ethyl adjacent to an activating group) is 1. The Bertz CT molecular complexity index is 144. The molecule has 0 aromatic rings. The van der Waals surface area contributed by atoms with Crippen LogP contribution in [-0.4, -0.2) is 42.5 Å². The van der Waals surface area contributed by atoms with Crippen molar-refractivity contribution in [3.63, 3.8) is 0 Å². The monoisotopic (exact) mass is 153 g/mol. The molecule has 2 bridgehead atoms. The van der Waals surface area contributed by atoms with Crippen molar-refractivity contribution in [2.75, 3.05) is 26.7 Å². The first-order valence-corrected chi connectivity index (χ1v) is 4.51. The van der Waals surface area contributed by atoms with Crippen molar-refractivity contribution >= 4 is 0 Å². The van der Waals surface area contributed by atoms with E-state index in [0.29, 0.717) is 0 Å². The van der Waals surface area contributed by atoms with Gasteiger partial charge in [0.05, 0.1) is 0 Å². The SMILES string of the molecule is [CH2-]N1CC2CCC(C1)N(C)C2. The normalized spacial score (nSPS) is 40.9. The number of piperidine rings is 1. The van der Waals surface area contributed by atoms with E-state index in [1.165, 1.54) is 32.5 Å². The van der Waals surface area contributed by atoms with Crippen molar-refractivity contribution in [3.05, 3.63) is 7.05 Å². The molecule has 2 atom stereocenters. The highest BCUT2D eigenvalue weighted by molar-refractivity contribution is 4.87. The van der Waals surface area contributed by atoms with Gasteiger partial charge in [0.15, 0.2) is 0 Å². The maximum atomic E-state index is 4.04. The average molecular weight is 153 g/mol. The Morgan fingerprint density at radius 1 is 1.18 bits per heavy atom. The van der Waals surface area contributed by atoms with E-state index >= 15 is 0 Å². The fourth-order valence-electron chi connectivity index (χ4n) is 2.41. The molecule has 11 heavy (non-hydrogen) atoms. The zero-order valence-electron chi connectivity index (χ0n) is 7.29. The van der Waals surface area contributed by atoms with Crippen LogP contribution in [0.3, 0.4) is 0 Å². The summed E-state index contributed by atoms with van der Waals surface area (Å²) in [4.78, 5) is 4.74. The molecule has 0 spiro atoms. The lowest BCUT2D eigenvalue weighted by Gasteiger charge is -2.33. The first-order chi connectivity index (χ1) is 5.25. The van der Waals surface area contributed by atoms with Crippen LogP contribution in [0.1, 0.15) is 12.8 Å². The molecule has 0 radical (unpaired) electrons. The molecule has 0 saturated carbocycles. The molecular formula is C9H17N2-. The van der Waals surface area contributed by atoms with E-state index in [0.717, 1.165) is 12.0 Å². The van der Waals surface area contributed by atoms with Crippen LogP contribution < -0.4 is 0 Å². The third kappa shape index (κ3) is 1.42. The predicted molar refractivity (Wildman–Crippen MR) is 46.1 cm³/mol. The van der Waals surface area contributed by atoms with Gasteiger partial charge in [0.25, 0.3) is 0 Å². The molecule has 0 aliphatic carbocycles. The second-order valence-electron chi connectivity index (χ2n) is 4.07. The first kappa shape index (κ1) is 7.56. The zero-order chi connectivity index (χ0) is 7.84. The highest BCUT2D eigenvalue weighted by atomic mass is 15.2. The maximum Gasteiger partial charge on any atom is 0.0196 e. The Balaban J connectivity index is 2.10. The summed E-state index contributed by atoms with van der Waals surface area (Å²) in [5.41, 5.74) is 0. The quantitative estimate of drug-likeness (QED) is 0.475. The fourth-order valence-corrected chi connectivity index (χ4v) is 2.41. The molecule has 64 valence electrons. The highest BCUT2D eigenvalue weighted by Gasteiger charge is 2.29. The van der Waals surface area contributed by atoms with Gasteiger partial charge in [-0.15, -0.1) is 0 Å². The molecule has 3 aliphatic rings. The van der Waals surface area contributed by atoms with Gasteiger partial charge in [0.1, 0.15) is 0 Å². The van der Waals surface area contributed by atoms with Gasteiger partial charge in [-0.05, 0) is 38.9 Å². The van der Waals surface area contributed by atoms with E-state index in [4.69, 9.17) is 0 Å². The summed E-state index contributed by atoms with van der Waals surface area (Å²) in [7, 11) is 6.29. The molecule has 3 aliphatic heterocycles. The summed E-state index contributed by atoms with van der Waals surface area (Å²) in [6.07, 6.45) is 2.80. The van der Waals surface area contributed by atoms with E-state index in [2.05, 4.69) is 23.9 Å². The second kappa shape index (κ2) is 2.76. The fraction of sp³-hybridized carbons (Fsp3) is 0.889. The Kier molecular flexibility index (Phi) is 1.90. The third-order valence-corrected chi connectivity index (χ3v) is 3.06. The molecular weight excluding hydrogens is 136 g/mol. The van der Waals surface area contributed by atoms with Gasteiger partial charge in [0.2, 0.25) is 0 Å². The van der Waals surface area contributed by atoms with Gasteiger partial charge in [-0.25, -0.2) is 0 Å². The lowest BCUT2D eigenvalue weighted by molar-refractivity contribution is 0.167. The minimum absolute atomic E-state index is 0.784. The predicted octanol–water partition coefficient (Wildman–Crippen LogP) is 0.804. The summed E-state index contributed by atoms with van der Waals surface area (Å²) in [6.45, 7) is 3.67. The number of hydrogen-bond donors (Lipinski definition) is 0. The van der Waals surface area contributed by atoms with Crippen LogP contribution in [0, 0.1) is 13.0 Å². The van der Waals surface area contributed by atoms with Crippen molar-refractivity contribution in [1.29, 1.82) is 0 Å². The largest absolute Gasteiger partial charge is 0.458 e. The smallest absolute Gasteiger partial charge is 0.0196 e. The standard InChI is InChI=1S/C9H17N2/c1-10-5-8-3-4-9(7-10)11(2)6-8/h8-9H,1,3-7H2,2H3/q-1. The topological polar surface area (TPSA) is 6.48 Å². The van der Waals surface area contributed by atoms with Crippen LogP contribution in [0.5, 0.6) is 0 Å². The maximum absolute atomic E-state index is 4.04. The highest BCUT2D eigenvalue weighted by Crippen LogP contribution is 2.25. The van der Waals surface area contributed by atoms with E-state index in [9.17, 15) is 0 Å². The molecule has 3 fully saturated rings. The van der Waals surface area contributed by atoms with E-state index in [1.54, 1.807) is 0 Å². The van der Waals surface area contributed by atoms with Gasteiger partial charge in [0, 0.05) is 12.6 Å². The summed E-state index contributed by atoms with van der Waals surface area (Å²) in [5, 5.41) is 0. The lowest BCUT2D eigenvalue weighted by Crippen LogP contribution is -2.40. The molecule has 2 unspecified atom stereocenters. The molecule has 0 aromatic heterocycles. The lowest BCUT2D eigenvalue weighted by atomic mass is 9.96. The minimum atomic E-state index is 0.784. The van der Waals surface area contributed by atoms with Crippen LogP contribution in [0.15, 0.2) is 0 Å². The number of rotatable bonds is 0. The number of nitrogens with zero attached hydrogens (tertiary/aromatic N) is 2. The van der Waals surface area contributed by atoms with Crippen molar-refractivity contribution in [2.45, 2.75) is 18.9 Å². The van der Waals surface area contributed by atoms with Crippen LogP contribution in [0.4, 0.5) is 0 Å². The Hall–Kier alpha value is -0.0800. The summed E-state index contributed by atoms with van der Waals surface area (Å²) in [5.74, 6) is 0.885. The van der Waals surface area contributed by atoms with Gasteiger partial charge in [-0.2, -0.15) is 0 Å². The van der Waals surface area contributed by atoms with Crippen LogP contribution in [0.2, 0.25) is 0 Å².